The Morgan fingerprint density at radius 2 is 1.71 bits per heavy atom. The fourth-order valence-electron chi connectivity index (χ4n) is 1.43. The SMILES string of the molecule is C/C(=C/C#N)C(=O)N(C(C)C)C(C)C. The molecule has 0 N–H and O–H groups in total. The van der Waals surface area contributed by atoms with Crippen molar-refractivity contribution in [2.75, 3.05) is 0 Å². The van der Waals surface area contributed by atoms with Crippen molar-refractivity contribution in [2.24, 2.45) is 0 Å². The van der Waals surface area contributed by atoms with Crippen LogP contribution in [0.3, 0.4) is 0 Å². The van der Waals surface area contributed by atoms with Crippen molar-refractivity contribution in [3.8, 4) is 6.07 Å². The number of rotatable bonds is 3. The zero-order valence-electron chi connectivity index (χ0n) is 9.53. The molecule has 0 aliphatic heterocycles. The van der Waals surface area contributed by atoms with Gasteiger partial charge in [-0.3, -0.25) is 4.79 Å². The van der Waals surface area contributed by atoms with E-state index in [4.69, 9.17) is 5.26 Å². The highest BCUT2D eigenvalue weighted by Crippen LogP contribution is 2.10. The Bertz CT molecular complexity index is 264. The van der Waals surface area contributed by atoms with Crippen LogP contribution in [-0.4, -0.2) is 22.9 Å². The highest BCUT2D eigenvalue weighted by molar-refractivity contribution is 5.93. The van der Waals surface area contributed by atoms with Crippen LogP contribution in [0.4, 0.5) is 0 Å². The van der Waals surface area contributed by atoms with Crippen molar-refractivity contribution in [3.05, 3.63) is 11.6 Å². The quantitative estimate of drug-likeness (QED) is 0.510. The van der Waals surface area contributed by atoms with Gasteiger partial charge in [0, 0.05) is 23.7 Å². The maximum absolute atomic E-state index is 11.8. The van der Waals surface area contributed by atoms with Gasteiger partial charge in [-0.2, -0.15) is 5.26 Å². The number of hydrogen-bond acceptors (Lipinski definition) is 2. The van der Waals surface area contributed by atoms with Crippen LogP contribution in [0, 0.1) is 11.3 Å². The number of carbonyl (C=O) groups is 1. The summed E-state index contributed by atoms with van der Waals surface area (Å²) in [5.74, 6) is -0.0587. The van der Waals surface area contributed by atoms with Crippen LogP contribution in [0.15, 0.2) is 11.6 Å². The van der Waals surface area contributed by atoms with Crippen molar-refractivity contribution in [1.82, 2.24) is 4.90 Å². The van der Waals surface area contributed by atoms with Crippen molar-refractivity contribution in [3.63, 3.8) is 0 Å². The molecule has 0 aromatic carbocycles. The van der Waals surface area contributed by atoms with Crippen LogP contribution in [0.5, 0.6) is 0 Å². The first-order valence-electron chi connectivity index (χ1n) is 4.80. The summed E-state index contributed by atoms with van der Waals surface area (Å²) in [7, 11) is 0. The van der Waals surface area contributed by atoms with Crippen LogP contribution in [0.1, 0.15) is 34.6 Å². The smallest absolute Gasteiger partial charge is 0.250 e. The van der Waals surface area contributed by atoms with Crippen molar-refractivity contribution < 1.29 is 4.79 Å². The summed E-state index contributed by atoms with van der Waals surface area (Å²) >= 11 is 0. The maximum atomic E-state index is 11.8. The lowest BCUT2D eigenvalue weighted by Gasteiger charge is -2.30. The van der Waals surface area contributed by atoms with Gasteiger partial charge in [0.15, 0.2) is 0 Å². The molecule has 14 heavy (non-hydrogen) atoms. The number of nitriles is 1. The summed E-state index contributed by atoms with van der Waals surface area (Å²) in [6.07, 6.45) is 1.29. The summed E-state index contributed by atoms with van der Waals surface area (Å²) in [6, 6.07) is 2.19. The van der Waals surface area contributed by atoms with Crippen LogP contribution >= 0.6 is 0 Å². The third-order valence-electron chi connectivity index (χ3n) is 1.97. The van der Waals surface area contributed by atoms with Gasteiger partial charge < -0.3 is 4.90 Å². The molecule has 0 spiro atoms. The molecule has 0 saturated carbocycles. The van der Waals surface area contributed by atoms with E-state index in [0.717, 1.165) is 0 Å². The lowest BCUT2D eigenvalue weighted by molar-refractivity contribution is -0.130. The summed E-state index contributed by atoms with van der Waals surface area (Å²) in [6.45, 7) is 9.55. The fraction of sp³-hybridized carbons (Fsp3) is 0.636. The van der Waals surface area contributed by atoms with Crippen LogP contribution in [-0.2, 0) is 4.79 Å². The minimum absolute atomic E-state index is 0.0587. The van der Waals surface area contributed by atoms with E-state index in [2.05, 4.69) is 0 Å². The van der Waals surface area contributed by atoms with E-state index >= 15 is 0 Å². The van der Waals surface area contributed by atoms with E-state index in [1.165, 1.54) is 6.08 Å². The summed E-state index contributed by atoms with van der Waals surface area (Å²) in [5, 5.41) is 8.45. The molecule has 78 valence electrons. The second-order valence-corrected chi connectivity index (χ2v) is 3.86. The molecule has 0 atom stereocenters. The van der Waals surface area contributed by atoms with Gasteiger partial charge in [-0.1, -0.05) is 0 Å². The van der Waals surface area contributed by atoms with E-state index in [-0.39, 0.29) is 18.0 Å². The van der Waals surface area contributed by atoms with Crippen LogP contribution in [0.2, 0.25) is 0 Å². The van der Waals surface area contributed by atoms with Gasteiger partial charge in [0.05, 0.1) is 6.07 Å². The van der Waals surface area contributed by atoms with Gasteiger partial charge in [0.1, 0.15) is 0 Å². The topological polar surface area (TPSA) is 44.1 Å². The lowest BCUT2D eigenvalue weighted by Crippen LogP contribution is -2.42. The normalized spacial score (nSPS) is 11.7. The largest absolute Gasteiger partial charge is 0.334 e. The third-order valence-corrected chi connectivity index (χ3v) is 1.97. The minimum atomic E-state index is -0.0587. The first-order valence-corrected chi connectivity index (χ1v) is 4.80. The summed E-state index contributed by atoms with van der Waals surface area (Å²) in [5.41, 5.74) is 0.495. The molecular weight excluding hydrogens is 176 g/mol. The van der Waals surface area contributed by atoms with E-state index in [1.54, 1.807) is 11.8 Å². The van der Waals surface area contributed by atoms with Crippen LogP contribution < -0.4 is 0 Å². The fourth-order valence-corrected chi connectivity index (χ4v) is 1.43. The second-order valence-electron chi connectivity index (χ2n) is 3.86. The van der Waals surface area contributed by atoms with Crippen molar-refractivity contribution in [1.29, 1.82) is 5.26 Å². The third kappa shape index (κ3) is 3.21. The molecule has 0 radical (unpaired) electrons. The van der Waals surface area contributed by atoms with Gasteiger partial charge >= 0.3 is 0 Å². The molecule has 0 bridgehead atoms. The van der Waals surface area contributed by atoms with Gasteiger partial charge in [-0.05, 0) is 34.6 Å². The first kappa shape index (κ1) is 12.7. The van der Waals surface area contributed by atoms with E-state index in [9.17, 15) is 4.79 Å². The highest BCUT2D eigenvalue weighted by Gasteiger charge is 2.20. The Morgan fingerprint density at radius 1 is 1.29 bits per heavy atom. The molecule has 0 rings (SSSR count). The average Bonchev–Trinajstić information content (AvgIpc) is 2.03. The Hall–Kier alpha value is -1.30. The maximum Gasteiger partial charge on any atom is 0.250 e. The number of amides is 1. The Labute approximate surface area is 86.0 Å². The number of allylic oxidation sites excluding steroid dienone is 1. The molecule has 0 aliphatic rings. The number of carbonyl (C=O) groups excluding carboxylic acids is 1. The van der Waals surface area contributed by atoms with E-state index < -0.39 is 0 Å². The first-order chi connectivity index (χ1) is 6.41. The van der Waals surface area contributed by atoms with Crippen molar-refractivity contribution >= 4 is 5.91 Å². The molecule has 0 aromatic heterocycles. The standard InChI is InChI=1S/C11H18N2O/c1-8(2)13(9(3)4)11(14)10(5)6-7-12/h6,8-9H,1-5H3/b10-6-. The Morgan fingerprint density at radius 3 is 2.00 bits per heavy atom. The predicted octanol–water partition coefficient (Wildman–Crippen LogP) is 2.10. The molecule has 3 heteroatoms. The predicted molar refractivity (Wildman–Crippen MR) is 56.5 cm³/mol. The molecule has 0 fully saturated rings. The average molecular weight is 194 g/mol. The Balaban J connectivity index is 4.80. The van der Waals surface area contributed by atoms with Crippen LogP contribution in [0.25, 0.3) is 0 Å². The monoisotopic (exact) mass is 194 g/mol. The lowest BCUT2D eigenvalue weighted by atomic mass is 10.1. The van der Waals surface area contributed by atoms with Gasteiger partial charge in [0.2, 0.25) is 0 Å². The Kier molecular flexibility index (Phi) is 4.93. The molecule has 0 saturated heterocycles. The summed E-state index contributed by atoms with van der Waals surface area (Å²) in [4.78, 5) is 13.6. The molecule has 3 nitrogen and oxygen atoms in total. The zero-order valence-corrected chi connectivity index (χ0v) is 9.53. The molecule has 1 amide bonds. The van der Waals surface area contributed by atoms with E-state index in [0.29, 0.717) is 5.57 Å². The van der Waals surface area contributed by atoms with E-state index in [1.807, 2.05) is 33.8 Å². The molecule has 0 heterocycles. The number of nitrogens with zero attached hydrogens (tertiary/aromatic N) is 2. The number of hydrogen-bond donors (Lipinski definition) is 0. The molecule has 0 aromatic rings. The van der Waals surface area contributed by atoms with Gasteiger partial charge in [-0.15, -0.1) is 0 Å². The highest BCUT2D eigenvalue weighted by atomic mass is 16.2. The van der Waals surface area contributed by atoms with Gasteiger partial charge in [-0.25, -0.2) is 0 Å². The molecular formula is C11H18N2O. The van der Waals surface area contributed by atoms with Gasteiger partial charge in [0.25, 0.3) is 5.91 Å². The van der Waals surface area contributed by atoms with Crippen molar-refractivity contribution in [2.45, 2.75) is 46.7 Å². The summed E-state index contributed by atoms with van der Waals surface area (Å²) < 4.78 is 0. The molecule has 0 unspecified atom stereocenters. The molecule has 0 aliphatic carbocycles. The minimum Gasteiger partial charge on any atom is -0.334 e. The zero-order chi connectivity index (χ0) is 11.3. The second kappa shape index (κ2) is 5.43.